The molecule has 0 aliphatic heterocycles. The SMILES string of the molecule is COc1ccc(NC(=O)c2sc3nc(C)nc(C)c3c2C)cc1Cl. The molecule has 1 N–H and O–H groups in total. The highest BCUT2D eigenvalue weighted by Gasteiger charge is 2.19. The fourth-order valence-corrected chi connectivity index (χ4v) is 4.05. The van der Waals surface area contributed by atoms with Crippen molar-refractivity contribution in [3.63, 3.8) is 0 Å². The highest BCUT2D eigenvalue weighted by molar-refractivity contribution is 7.20. The third-order valence-corrected chi connectivity index (χ3v) is 5.18. The number of ether oxygens (including phenoxy) is 1. The molecule has 5 nitrogen and oxygen atoms in total. The van der Waals surface area contributed by atoms with Crippen molar-refractivity contribution >= 4 is 44.7 Å². The van der Waals surface area contributed by atoms with Crippen LogP contribution in [0.25, 0.3) is 10.2 Å². The second-order valence-corrected chi connectivity index (χ2v) is 6.80. The topological polar surface area (TPSA) is 64.1 Å². The number of carbonyl (C=O) groups is 1. The van der Waals surface area contributed by atoms with E-state index >= 15 is 0 Å². The van der Waals surface area contributed by atoms with Crippen molar-refractivity contribution in [2.75, 3.05) is 12.4 Å². The molecule has 7 heteroatoms. The number of aryl methyl sites for hydroxylation is 3. The van der Waals surface area contributed by atoms with Crippen molar-refractivity contribution in [2.24, 2.45) is 0 Å². The number of fused-ring (bicyclic) bond motifs is 1. The van der Waals surface area contributed by atoms with E-state index in [0.717, 1.165) is 21.5 Å². The highest BCUT2D eigenvalue weighted by Crippen LogP contribution is 2.32. The average molecular weight is 362 g/mol. The number of nitrogens with zero attached hydrogens (tertiary/aromatic N) is 2. The van der Waals surface area contributed by atoms with Crippen molar-refractivity contribution in [3.05, 3.63) is 45.2 Å². The maximum absolute atomic E-state index is 12.6. The second kappa shape index (κ2) is 6.37. The Kier molecular flexibility index (Phi) is 4.43. The quantitative estimate of drug-likeness (QED) is 0.744. The minimum Gasteiger partial charge on any atom is -0.495 e. The largest absolute Gasteiger partial charge is 0.495 e. The van der Waals surface area contributed by atoms with Gasteiger partial charge in [-0.3, -0.25) is 4.79 Å². The van der Waals surface area contributed by atoms with Gasteiger partial charge in [-0.05, 0) is 44.5 Å². The third-order valence-electron chi connectivity index (χ3n) is 3.70. The zero-order chi connectivity index (χ0) is 17.4. The molecule has 1 aromatic carbocycles. The minimum absolute atomic E-state index is 0.186. The molecule has 0 aliphatic rings. The maximum atomic E-state index is 12.6. The van der Waals surface area contributed by atoms with Crippen molar-refractivity contribution in [3.8, 4) is 5.75 Å². The fourth-order valence-electron chi connectivity index (χ4n) is 2.62. The Balaban J connectivity index is 1.96. The Morgan fingerprint density at radius 3 is 2.67 bits per heavy atom. The van der Waals surface area contributed by atoms with Gasteiger partial charge >= 0.3 is 0 Å². The molecule has 3 rings (SSSR count). The van der Waals surface area contributed by atoms with Gasteiger partial charge in [0.05, 0.1) is 17.0 Å². The van der Waals surface area contributed by atoms with Crippen molar-refractivity contribution in [1.29, 1.82) is 0 Å². The summed E-state index contributed by atoms with van der Waals surface area (Å²) in [5.41, 5.74) is 2.39. The number of aromatic nitrogens is 2. The first-order valence-electron chi connectivity index (χ1n) is 7.30. The molecule has 0 radical (unpaired) electrons. The standard InChI is InChI=1S/C17H16ClN3O2S/c1-8-14-9(2)19-10(3)20-17(14)24-15(8)16(22)21-11-5-6-13(23-4)12(18)7-11/h5-7H,1-4H3,(H,21,22). The van der Waals surface area contributed by atoms with E-state index in [9.17, 15) is 4.79 Å². The molecule has 0 aliphatic carbocycles. The Labute approximate surface area is 148 Å². The lowest BCUT2D eigenvalue weighted by atomic mass is 10.1. The van der Waals surface area contributed by atoms with E-state index < -0.39 is 0 Å². The van der Waals surface area contributed by atoms with Gasteiger partial charge in [0.1, 0.15) is 16.4 Å². The van der Waals surface area contributed by atoms with Crippen LogP contribution in [0.1, 0.15) is 26.8 Å². The number of anilines is 1. The summed E-state index contributed by atoms with van der Waals surface area (Å²) in [5, 5.41) is 4.26. The number of benzene rings is 1. The van der Waals surface area contributed by atoms with Crippen molar-refractivity contribution in [2.45, 2.75) is 20.8 Å². The Morgan fingerprint density at radius 2 is 2.00 bits per heavy atom. The van der Waals surface area contributed by atoms with Gasteiger partial charge in [0.2, 0.25) is 0 Å². The van der Waals surface area contributed by atoms with E-state index in [4.69, 9.17) is 16.3 Å². The fraction of sp³-hybridized carbons (Fsp3) is 0.235. The molecule has 0 saturated carbocycles. The Morgan fingerprint density at radius 1 is 1.25 bits per heavy atom. The summed E-state index contributed by atoms with van der Waals surface area (Å²) in [4.78, 5) is 22.9. The van der Waals surface area contributed by atoms with Crippen LogP contribution in [-0.4, -0.2) is 23.0 Å². The lowest BCUT2D eigenvalue weighted by Crippen LogP contribution is -2.11. The monoisotopic (exact) mass is 361 g/mol. The third kappa shape index (κ3) is 2.95. The number of rotatable bonds is 3. The van der Waals surface area contributed by atoms with Gasteiger partial charge in [-0.25, -0.2) is 9.97 Å². The molecule has 24 heavy (non-hydrogen) atoms. The van der Waals surface area contributed by atoms with Crippen molar-refractivity contribution in [1.82, 2.24) is 9.97 Å². The zero-order valence-corrected chi connectivity index (χ0v) is 15.3. The average Bonchev–Trinajstić information content (AvgIpc) is 2.84. The summed E-state index contributed by atoms with van der Waals surface area (Å²) in [6.45, 7) is 5.70. The van der Waals surface area contributed by atoms with Crippen LogP contribution in [0.2, 0.25) is 5.02 Å². The predicted octanol–water partition coefficient (Wildman–Crippen LogP) is 4.53. The van der Waals surface area contributed by atoms with Crippen LogP contribution in [0, 0.1) is 20.8 Å². The van der Waals surface area contributed by atoms with E-state index in [0.29, 0.717) is 27.2 Å². The zero-order valence-electron chi connectivity index (χ0n) is 13.7. The van der Waals surface area contributed by atoms with Gasteiger partial charge in [0.15, 0.2) is 0 Å². The molecule has 0 spiro atoms. The summed E-state index contributed by atoms with van der Waals surface area (Å²) in [6, 6.07) is 5.13. The predicted molar refractivity (Wildman–Crippen MR) is 97.6 cm³/mol. The molecule has 0 atom stereocenters. The molecule has 0 bridgehead atoms. The van der Waals surface area contributed by atoms with Gasteiger partial charge < -0.3 is 10.1 Å². The maximum Gasteiger partial charge on any atom is 0.266 e. The van der Waals surface area contributed by atoms with Crippen molar-refractivity contribution < 1.29 is 9.53 Å². The lowest BCUT2D eigenvalue weighted by molar-refractivity contribution is 0.103. The van der Waals surface area contributed by atoms with E-state index in [1.807, 2.05) is 20.8 Å². The number of thiophene rings is 1. The molecule has 1 amide bonds. The van der Waals surface area contributed by atoms with E-state index in [2.05, 4.69) is 15.3 Å². The van der Waals surface area contributed by atoms with Crippen LogP contribution < -0.4 is 10.1 Å². The summed E-state index contributed by atoms with van der Waals surface area (Å²) in [6.07, 6.45) is 0. The molecule has 0 unspecified atom stereocenters. The Hall–Kier alpha value is -2.18. The van der Waals surface area contributed by atoms with Crippen LogP contribution in [0.3, 0.4) is 0 Å². The Bertz CT molecular complexity index is 953. The van der Waals surface area contributed by atoms with Crippen LogP contribution in [-0.2, 0) is 0 Å². The highest BCUT2D eigenvalue weighted by atomic mass is 35.5. The van der Waals surface area contributed by atoms with Gasteiger partial charge in [0.25, 0.3) is 5.91 Å². The first-order chi connectivity index (χ1) is 11.4. The van der Waals surface area contributed by atoms with Gasteiger partial charge in [0, 0.05) is 16.8 Å². The summed E-state index contributed by atoms with van der Waals surface area (Å²) >= 11 is 7.47. The molecule has 0 saturated heterocycles. The van der Waals surface area contributed by atoms with Crippen LogP contribution in [0.4, 0.5) is 5.69 Å². The van der Waals surface area contributed by atoms with Gasteiger partial charge in [-0.2, -0.15) is 0 Å². The summed E-state index contributed by atoms with van der Waals surface area (Å²) < 4.78 is 5.12. The molecule has 0 fully saturated rings. The van der Waals surface area contributed by atoms with Gasteiger partial charge in [-0.15, -0.1) is 11.3 Å². The number of hydrogen-bond acceptors (Lipinski definition) is 5. The molecule has 3 aromatic rings. The molecule has 2 heterocycles. The van der Waals surface area contributed by atoms with Gasteiger partial charge in [-0.1, -0.05) is 11.6 Å². The number of amides is 1. The minimum atomic E-state index is -0.186. The van der Waals surface area contributed by atoms with E-state index in [1.54, 1.807) is 25.3 Å². The lowest BCUT2D eigenvalue weighted by Gasteiger charge is -2.07. The molecular formula is C17H16ClN3O2S. The summed E-state index contributed by atoms with van der Waals surface area (Å²) in [5.74, 6) is 1.08. The number of carbonyl (C=O) groups excluding carboxylic acids is 1. The van der Waals surface area contributed by atoms with Crippen LogP contribution in [0.15, 0.2) is 18.2 Å². The van der Waals surface area contributed by atoms with E-state index in [-0.39, 0.29) is 5.91 Å². The number of hydrogen-bond donors (Lipinski definition) is 1. The first kappa shape index (κ1) is 16.7. The first-order valence-corrected chi connectivity index (χ1v) is 8.49. The normalized spacial score (nSPS) is 10.9. The molecular weight excluding hydrogens is 346 g/mol. The van der Waals surface area contributed by atoms with Crippen LogP contribution in [0.5, 0.6) is 5.75 Å². The smallest absolute Gasteiger partial charge is 0.266 e. The molecule has 2 aromatic heterocycles. The summed E-state index contributed by atoms with van der Waals surface area (Å²) in [7, 11) is 1.55. The number of nitrogens with one attached hydrogen (secondary N) is 1. The number of methoxy groups -OCH3 is 1. The number of halogens is 1. The second-order valence-electron chi connectivity index (χ2n) is 5.40. The van der Waals surface area contributed by atoms with E-state index in [1.165, 1.54) is 11.3 Å². The molecule has 124 valence electrons. The van der Waals surface area contributed by atoms with Crippen LogP contribution >= 0.6 is 22.9 Å².